The highest BCUT2D eigenvalue weighted by atomic mass is 35.5. The average molecular weight is 321 g/mol. The number of halogens is 1. The molecule has 1 aliphatic heterocycles. The zero-order chi connectivity index (χ0) is 14.0. The van der Waals surface area contributed by atoms with Gasteiger partial charge in [0, 0.05) is 35.0 Å². The highest BCUT2D eigenvalue weighted by molar-refractivity contribution is 8.07. The number of hydrogen-bond acceptors (Lipinski definition) is 4. The lowest BCUT2D eigenvalue weighted by Gasteiger charge is -2.31. The van der Waals surface area contributed by atoms with Crippen LogP contribution in [0.2, 0.25) is 5.02 Å². The van der Waals surface area contributed by atoms with Crippen LogP contribution in [0.15, 0.2) is 0 Å². The Kier molecular flexibility index (Phi) is 5.52. The van der Waals surface area contributed by atoms with Crippen molar-refractivity contribution < 1.29 is 5.11 Å². The molecule has 0 aliphatic carbocycles. The Hall–Kier alpha value is 0.160. The third kappa shape index (κ3) is 3.43. The van der Waals surface area contributed by atoms with E-state index in [1.165, 1.54) is 5.75 Å². The Labute approximate surface area is 128 Å². The molecule has 0 amide bonds. The van der Waals surface area contributed by atoms with Crippen LogP contribution in [0.4, 0.5) is 0 Å². The Balaban J connectivity index is 2.11. The molecule has 1 N–H and O–H groups in total. The Morgan fingerprint density at radius 2 is 2.16 bits per heavy atom. The van der Waals surface area contributed by atoms with Crippen molar-refractivity contribution in [3.05, 3.63) is 16.4 Å². The second-order valence-corrected chi connectivity index (χ2v) is 7.99. The van der Waals surface area contributed by atoms with E-state index in [0.29, 0.717) is 16.7 Å². The molecule has 1 fully saturated rings. The second-order valence-electron chi connectivity index (χ2n) is 4.84. The molecule has 2 rings (SSSR count). The van der Waals surface area contributed by atoms with Crippen LogP contribution in [0.3, 0.4) is 0 Å². The van der Waals surface area contributed by atoms with Crippen LogP contribution < -0.4 is 0 Å². The molecule has 3 nitrogen and oxygen atoms in total. The smallest absolute Gasteiger partial charge is 0.0848 e. The fraction of sp³-hybridized carbons (Fsp3) is 0.769. The van der Waals surface area contributed by atoms with Gasteiger partial charge in [0.15, 0.2) is 0 Å². The number of aromatic nitrogens is 2. The lowest BCUT2D eigenvalue weighted by molar-refractivity contribution is 0.168. The average Bonchev–Trinajstić information content (AvgIpc) is 2.67. The van der Waals surface area contributed by atoms with Gasteiger partial charge in [0.25, 0.3) is 0 Å². The van der Waals surface area contributed by atoms with Gasteiger partial charge in [-0.1, -0.05) is 18.5 Å². The monoisotopic (exact) mass is 320 g/mol. The van der Waals surface area contributed by atoms with E-state index >= 15 is 0 Å². The molecular formula is C13H21ClN2OS2. The summed E-state index contributed by atoms with van der Waals surface area (Å²) >= 11 is 10.1. The van der Waals surface area contributed by atoms with E-state index in [2.05, 4.69) is 12.0 Å². The molecule has 2 heterocycles. The minimum Gasteiger partial charge on any atom is -0.392 e. The third-order valence-corrected chi connectivity index (χ3v) is 7.20. The highest BCUT2D eigenvalue weighted by Gasteiger charge is 2.30. The number of nitrogens with zero attached hydrogens (tertiary/aromatic N) is 2. The van der Waals surface area contributed by atoms with Crippen LogP contribution in [0.5, 0.6) is 0 Å². The van der Waals surface area contributed by atoms with Crippen LogP contribution in [-0.2, 0) is 13.0 Å². The lowest BCUT2D eigenvalue weighted by Crippen LogP contribution is -2.36. The molecule has 1 aliphatic rings. The second kappa shape index (κ2) is 6.74. The van der Waals surface area contributed by atoms with Crippen LogP contribution in [0, 0.1) is 6.92 Å². The van der Waals surface area contributed by atoms with Crippen molar-refractivity contribution in [2.24, 2.45) is 0 Å². The predicted octanol–water partition coefficient (Wildman–Crippen LogP) is 3.01. The zero-order valence-electron chi connectivity index (χ0n) is 11.6. The number of thioether (sulfide) groups is 2. The van der Waals surface area contributed by atoms with Gasteiger partial charge in [0.2, 0.25) is 0 Å². The molecule has 1 aromatic rings. The van der Waals surface area contributed by atoms with Gasteiger partial charge in [0.1, 0.15) is 0 Å². The van der Waals surface area contributed by atoms with Gasteiger partial charge >= 0.3 is 0 Å². The maximum Gasteiger partial charge on any atom is 0.0848 e. The van der Waals surface area contributed by atoms with Crippen molar-refractivity contribution in [1.29, 1.82) is 0 Å². The zero-order valence-corrected chi connectivity index (χ0v) is 14.0. The summed E-state index contributed by atoms with van der Waals surface area (Å²) in [5.74, 6) is 2.30. The van der Waals surface area contributed by atoms with E-state index in [-0.39, 0.29) is 11.4 Å². The van der Waals surface area contributed by atoms with Crippen molar-refractivity contribution >= 4 is 35.1 Å². The Morgan fingerprint density at radius 1 is 1.47 bits per heavy atom. The summed E-state index contributed by atoms with van der Waals surface area (Å²) in [4.78, 5) is 0. The summed E-state index contributed by atoms with van der Waals surface area (Å²) in [6.45, 7) is 6.96. The number of hydrogen-bond donors (Lipinski definition) is 1. The standard InChI is InChI=1S/C13H21ClN2OS2/c1-4-16-10(12(14)8(2)15-16)7-11(17)13-9(3)18-5-6-19-13/h9,11,13,17H,4-7H2,1-3H3. The lowest BCUT2D eigenvalue weighted by atomic mass is 10.1. The summed E-state index contributed by atoms with van der Waals surface area (Å²) < 4.78 is 1.91. The number of aliphatic hydroxyl groups excluding tert-OH is 1. The van der Waals surface area contributed by atoms with Gasteiger partial charge in [-0.15, -0.1) is 0 Å². The number of rotatable bonds is 4. The van der Waals surface area contributed by atoms with Gasteiger partial charge in [0.05, 0.1) is 22.5 Å². The Morgan fingerprint density at radius 3 is 2.79 bits per heavy atom. The van der Waals surface area contributed by atoms with E-state index in [1.807, 2.05) is 42.1 Å². The third-order valence-electron chi connectivity index (χ3n) is 3.47. The molecule has 0 bridgehead atoms. The van der Waals surface area contributed by atoms with Gasteiger partial charge in [-0.25, -0.2) is 0 Å². The van der Waals surface area contributed by atoms with Crippen molar-refractivity contribution in [3.63, 3.8) is 0 Å². The predicted molar refractivity (Wildman–Crippen MR) is 85.5 cm³/mol. The number of aliphatic hydroxyl groups is 1. The Bertz CT molecular complexity index is 439. The molecule has 0 aromatic carbocycles. The first-order valence-corrected chi connectivity index (χ1v) is 9.15. The molecule has 108 valence electrons. The molecular weight excluding hydrogens is 300 g/mol. The first kappa shape index (κ1) is 15.5. The van der Waals surface area contributed by atoms with Crippen molar-refractivity contribution in [1.82, 2.24) is 9.78 Å². The van der Waals surface area contributed by atoms with E-state index in [0.717, 1.165) is 23.7 Å². The number of aryl methyl sites for hydroxylation is 2. The maximum atomic E-state index is 10.5. The molecule has 1 saturated heterocycles. The quantitative estimate of drug-likeness (QED) is 0.925. The summed E-state index contributed by atoms with van der Waals surface area (Å²) in [5, 5.41) is 16.4. The fourth-order valence-electron chi connectivity index (χ4n) is 2.45. The van der Waals surface area contributed by atoms with E-state index < -0.39 is 0 Å². The normalized spacial score (nSPS) is 25.5. The van der Waals surface area contributed by atoms with Crippen LogP contribution in [0.25, 0.3) is 0 Å². The van der Waals surface area contributed by atoms with E-state index in [4.69, 9.17) is 11.6 Å². The van der Waals surface area contributed by atoms with Crippen LogP contribution >= 0.6 is 35.1 Å². The topological polar surface area (TPSA) is 38.0 Å². The summed E-state index contributed by atoms with van der Waals surface area (Å²) in [7, 11) is 0. The minimum absolute atomic E-state index is 0.287. The molecule has 0 saturated carbocycles. The molecule has 3 unspecified atom stereocenters. The van der Waals surface area contributed by atoms with Crippen molar-refractivity contribution in [2.75, 3.05) is 11.5 Å². The fourth-order valence-corrected chi connectivity index (χ4v) is 5.51. The van der Waals surface area contributed by atoms with Gasteiger partial charge in [-0.3, -0.25) is 4.68 Å². The van der Waals surface area contributed by atoms with Crippen molar-refractivity contribution in [2.45, 2.75) is 50.3 Å². The van der Waals surface area contributed by atoms with Crippen LogP contribution in [-0.4, -0.2) is 43.0 Å². The molecule has 0 radical (unpaired) electrons. The largest absolute Gasteiger partial charge is 0.392 e. The first-order valence-electron chi connectivity index (χ1n) is 6.67. The summed E-state index contributed by atoms with van der Waals surface area (Å²) in [6.07, 6.45) is 0.238. The van der Waals surface area contributed by atoms with Gasteiger partial charge in [-0.2, -0.15) is 28.6 Å². The maximum absolute atomic E-state index is 10.5. The van der Waals surface area contributed by atoms with Crippen molar-refractivity contribution in [3.8, 4) is 0 Å². The van der Waals surface area contributed by atoms with Crippen LogP contribution in [0.1, 0.15) is 25.2 Å². The minimum atomic E-state index is -0.355. The molecule has 0 spiro atoms. The summed E-state index contributed by atoms with van der Waals surface area (Å²) in [5.41, 5.74) is 1.82. The van der Waals surface area contributed by atoms with E-state index in [9.17, 15) is 5.11 Å². The van der Waals surface area contributed by atoms with Gasteiger partial charge in [-0.05, 0) is 13.8 Å². The van der Waals surface area contributed by atoms with Gasteiger partial charge < -0.3 is 5.11 Å². The SMILES string of the molecule is CCn1nc(C)c(Cl)c1CC(O)C1SCCSC1C. The summed E-state index contributed by atoms with van der Waals surface area (Å²) in [6, 6.07) is 0. The molecule has 19 heavy (non-hydrogen) atoms. The highest BCUT2D eigenvalue weighted by Crippen LogP contribution is 2.34. The van der Waals surface area contributed by atoms with E-state index in [1.54, 1.807) is 0 Å². The first-order chi connectivity index (χ1) is 9.04. The molecule has 1 aromatic heterocycles. The molecule has 3 atom stereocenters. The molecule has 6 heteroatoms.